The van der Waals surface area contributed by atoms with Crippen LogP contribution < -0.4 is 4.90 Å². The molecule has 1 atom stereocenters. The molecule has 0 spiro atoms. The highest BCUT2D eigenvalue weighted by molar-refractivity contribution is 6.30. The predicted molar refractivity (Wildman–Crippen MR) is 101 cm³/mol. The average molecular weight is 356 g/mol. The maximum absolute atomic E-state index is 11.0. The fourth-order valence-corrected chi connectivity index (χ4v) is 3.68. The van der Waals surface area contributed by atoms with Gasteiger partial charge in [-0.15, -0.1) is 0 Å². The van der Waals surface area contributed by atoms with Crippen molar-refractivity contribution >= 4 is 17.3 Å². The summed E-state index contributed by atoms with van der Waals surface area (Å²) < 4.78 is 0. The van der Waals surface area contributed by atoms with Crippen LogP contribution in [-0.4, -0.2) is 42.3 Å². The molecule has 2 aromatic carbocycles. The maximum atomic E-state index is 11.0. The van der Waals surface area contributed by atoms with Gasteiger partial charge in [0.05, 0.1) is 16.9 Å². The van der Waals surface area contributed by atoms with Gasteiger partial charge in [-0.2, -0.15) is 5.26 Å². The van der Waals surface area contributed by atoms with Crippen LogP contribution in [0.25, 0.3) is 0 Å². The highest BCUT2D eigenvalue weighted by atomic mass is 35.5. The lowest BCUT2D eigenvalue weighted by Gasteiger charge is -2.31. The third-order valence-electron chi connectivity index (χ3n) is 4.68. The fourth-order valence-electron chi connectivity index (χ4n) is 3.50. The van der Waals surface area contributed by atoms with Crippen LogP contribution in [-0.2, 0) is 6.54 Å². The van der Waals surface area contributed by atoms with Crippen molar-refractivity contribution in [3.8, 4) is 6.07 Å². The SMILES string of the molecule is CN(CC1(O)CCN(Cc2ccccc2)C1)c1ccc(Cl)cc1C#N. The van der Waals surface area contributed by atoms with Crippen LogP contribution in [0.5, 0.6) is 0 Å². The van der Waals surface area contributed by atoms with Crippen molar-refractivity contribution in [1.29, 1.82) is 5.26 Å². The van der Waals surface area contributed by atoms with Crippen LogP contribution in [0.1, 0.15) is 17.5 Å². The van der Waals surface area contributed by atoms with Crippen LogP contribution in [0, 0.1) is 11.3 Å². The quantitative estimate of drug-likeness (QED) is 0.894. The molecule has 1 fully saturated rings. The lowest BCUT2D eigenvalue weighted by molar-refractivity contribution is 0.0562. The van der Waals surface area contributed by atoms with E-state index in [4.69, 9.17) is 11.6 Å². The molecule has 0 amide bonds. The van der Waals surface area contributed by atoms with Gasteiger partial charge in [-0.3, -0.25) is 4.90 Å². The molecule has 1 heterocycles. The first-order valence-electron chi connectivity index (χ1n) is 8.38. The van der Waals surface area contributed by atoms with Gasteiger partial charge in [-0.05, 0) is 30.2 Å². The first-order valence-corrected chi connectivity index (χ1v) is 8.76. The number of benzene rings is 2. The van der Waals surface area contributed by atoms with E-state index < -0.39 is 5.60 Å². The summed E-state index contributed by atoms with van der Waals surface area (Å²) in [6, 6.07) is 17.7. The Hall–Kier alpha value is -2.06. The number of nitriles is 1. The summed E-state index contributed by atoms with van der Waals surface area (Å²) in [4.78, 5) is 4.22. The summed E-state index contributed by atoms with van der Waals surface area (Å²) in [5, 5.41) is 20.9. The normalized spacial score (nSPS) is 20.4. The van der Waals surface area contributed by atoms with Crippen LogP contribution >= 0.6 is 11.6 Å². The van der Waals surface area contributed by atoms with Gasteiger partial charge < -0.3 is 10.0 Å². The largest absolute Gasteiger partial charge is 0.387 e. The summed E-state index contributed by atoms with van der Waals surface area (Å²) in [5.41, 5.74) is 1.79. The number of hydrogen-bond donors (Lipinski definition) is 1. The summed E-state index contributed by atoms with van der Waals surface area (Å²) in [7, 11) is 1.90. The molecule has 1 aliphatic rings. The Labute approximate surface area is 153 Å². The van der Waals surface area contributed by atoms with Crippen LogP contribution in [0.15, 0.2) is 48.5 Å². The van der Waals surface area contributed by atoms with E-state index in [-0.39, 0.29) is 0 Å². The molecule has 25 heavy (non-hydrogen) atoms. The molecule has 130 valence electrons. The van der Waals surface area contributed by atoms with E-state index >= 15 is 0 Å². The van der Waals surface area contributed by atoms with Crippen LogP contribution in [0.3, 0.4) is 0 Å². The topological polar surface area (TPSA) is 50.5 Å². The zero-order valence-corrected chi connectivity index (χ0v) is 15.1. The highest BCUT2D eigenvalue weighted by Gasteiger charge is 2.37. The zero-order valence-electron chi connectivity index (χ0n) is 14.3. The minimum atomic E-state index is -0.782. The van der Waals surface area contributed by atoms with Gasteiger partial charge in [-0.1, -0.05) is 41.9 Å². The number of hydrogen-bond acceptors (Lipinski definition) is 4. The average Bonchev–Trinajstić information content (AvgIpc) is 2.95. The molecule has 1 N–H and O–H groups in total. The van der Waals surface area contributed by atoms with Crippen molar-refractivity contribution in [2.75, 3.05) is 31.6 Å². The molecule has 0 saturated carbocycles. The van der Waals surface area contributed by atoms with E-state index in [1.165, 1.54) is 5.56 Å². The molecule has 1 unspecified atom stereocenters. The molecule has 4 nitrogen and oxygen atoms in total. The predicted octanol–water partition coefficient (Wildman–Crippen LogP) is 3.28. The third kappa shape index (κ3) is 4.32. The molecule has 2 aromatic rings. The number of β-amino-alcohol motifs (C(OH)–C–C–N with tert-alkyl or cyclic N) is 1. The van der Waals surface area contributed by atoms with Gasteiger partial charge in [0, 0.05) is 38.2 Å². The molecule has 0 bridgehead atoms. The number of halogens is 1. The van der Waals surface area contributed by atoms with Gasteiger partial charge in [-0.25, -0.2) is 0 Å². The highest BCUT2D eigenvalue weighted by Crippen LogP contribution is 2.28. The monoisotopic (exact) mass is 355 g/mol. The van der Waals surface area contributed by atoms with Crippen LogP contribution in [0.2, 0.25) is 5.02 Å². The Balaban J connectivity index is 1.65. The number of rotatable bonds is 5. The van der Waals surface area contributed by atoms with E-state index in [2.05, 4.69) is 23.1 Å². The number of nitrogens with zero attached hydrogens (tertiary/aromatic N) is 3. The zero-order chi connectivity index (χ0) is 17.9. The Morgan fingerprint density at radius 1 is 1.28 bits per heavy atom. The van der Waals surface area contributed by atoms with Gasteiger partial charge in [0.1, 0.15) is 6.07 Å². The van der Waals surface area contributed by atoms with Gasteiger partial charge in [0.25, 0.3) is 0 Å². The van der Waals surface area contributed by atoms with Gasteiger partial charge in [0.15, 0.2) is 0 Å². The Kier molecular flexibility index (Phi) is 5.29. The first kappa shape index (κ1) is 17.8. The maximum Gasteiger partial charge on any atom is 0.101 e. The second-order valence-corrected chi connectivity index (χ2v) is 7.24. The van der Waals surface area contributed by atoms with Crippen molar-refractivity contribution in [2.24, 2.45) is 0 Å². The number of likely N-dealkylation sites (N-methyl/N-ethyl adjacent to an activating group) is 1. The second-order valence-electron chi connectivity index (χ2n) is 6.80. The van der Waals surface area contributed by atoms with Gasteiger partial charge in [0.2, 0.25) is 0 Å². The molecule has 0 aromatic heterocycles. The molecule has 5 heteroatoms. The lowest BCUT2D eigenvalue weighted by Crippen LogP contribution is -2.44. The summed E-state index contributed by atoms with van der Waals surface area (Å²) in [6.45, 7) is 2.82. The third-order valence-corrected chi connectivity index (χ3v) is 4.92. The van der Waals surface area contributed by atoms with Gasteiger partial charge >= 0.3 is 0 Å². The van der Waals surface area contributed by atoms with E-state index in [0.29, 0.717) is 23.7 Å². The molecule has 3 rings (SSSR count). The first-order chi connectivity index (χ1) is 12.0. The molecule has 0 radical (unpaired) electrons. The van der Waals surface area contributed by atoms with Crippen molar-refractivity contribution in [3.63, 3.8) is 0 Å². The minimum Gasteiger partial charge on any atom is -0.387 e. The smallest absolute Gasteiger partial charge is 0.101 e. The second kappa shape index (κ2) is 7.45. The summed E-state index contributed by atoms with van der Waals surface area (Å²) >= 11 is 5.97. The molecule has 1 aliphatic heterocycles. The lowest BCUT2D eigenvalue weighted by atomic mass is 10.0. The van der Waals surface area contributed by atoms with Crippen molar-refractivity contribution in [1.82, 2.24) is 4.90 Å². The summed E-state index contributed by atoms with van der Waals surface area (Å²) in [5.74, 6) is 0. The Bertz CT molecular complexity index is 774. The fraction of sp³-hybridized carbons (Fsp3) is 0.350. The molecular formula is C20H22ClN3O. The standard InChI is InChI=1S/C20H22ClN3O/c1-23(19-8-7-18(21)11-17(19)12-22)14-20(25)9-10-24(15-20)13-16-5-3-2-4-6-16/h2-8,11,25H,9-10,13-15H2,1H3. The number of aliphatic hydroxyl groups is 1. The molecule has 0 aliphatic carbocycles. The van der Waals surface area contributed by atoms with E-state index in [1.807, 2.05) is 36.2 Å². The number of likely N-dealkylation sites (tertiary alicyclic amines) is 1. The van der Waals surface area contributed by atoms with Crippen molar-refractivity contribution in [3.05, 3.63) is 64.7 Å². The van der Waals surface area contributed by atoms with E-state index in [0.717, 1.165) is 25.2 Å². The Morgan fingerprint density at radius 2 is 2.04 bits per heavy atom. The molecule has 1 saturated heterocycles. The van der Waals surface area contributed by atoms with Crippen molar-refractivity contribution < 1.29 is 5.11 Å². The number of anilines is 1. The molecular weight excluding hydrogens is 334 g/mol. The summed E-state index contributed by atoms with van der Waals surface area (Å²) in [6.07, 6.45) is 0.722. The van der Waals surface area contributed by atoms with Crippen LogP contribution in [0.4, 0.5) is 5.69 Å². The van der Waals surface area contributed by atoms with E-state index in [1.54, 1.807) is 12.1 Å². The van der Waals surface area contributed by atoms with E-state index in [9.17, 15) is 10.4 Å². The van der Waals surface area contributed by atoms with Crippen molar-refractivity contribution in [2.45, 2.75) is 18.6 Å². The minimum absolute atomic E-state index is 0.481. The Morgan fingerprint density at radius 3 is 2.76 bits per heavy atom.